The smallest absolute Gasteiger partial charge is 0.375 e. The van der Waals surface area contributed by atoms with E-state index < -0.39 is 29.1 Å². The first-order chi connectivity index (χ1) is 10.2. The summed E-state index contributed by atoms with van der Waals surface area (Å²) in [6.07, 6.45) is 0. The maximum Gasteiger partial charge on any atom is 0.375 e. The Morgan fingerprint density at radius 3 is 2.41 bits per heavy atom. The Morgan fingerprint density at radius 1 is 1.14 bits per heavy atom. The standard InChI is InChI=1S/C18H19FO3/c1-11(16(20)17(21)22-18(2,3)4)15-10-13(19)9-12-7-5-6-8-14(12)15/h5-11H,1-4H3. The van der Waals surface area contributed by atoms with Gasteiger partial charge in [-0.3, -0.25) is 4.79 Å². The molecule has 0 N–H and O–H groups in total. The molecule has 1 atom stereocenters. The van der Waals surface area contributed by atoms with Crippen molar-refractivity contribution in [2.45, 2.75) is 39.2 Å². The summed E-state index contributed by atoms with van der Waals surface area (Å²) in [6, 6.07) is 9.90. The molecule has 0 fully saturated rings. The number of hydrogen-bond donors (Lipinski definition) is 0. The number of hydrogen-bond acceptors (Lipinski definition) is 3. The first-order valence-corrected chi connectivity index (χ1v) is 7.14. The molecule has 0 heterocycles. The number of carbonyl (C=O) groups excluding carboxylic acids is 2. The maximum absolute atomic E-state index is 13.8. The van der Waals surface area contributed by atoms with Crippen LogP contribution in [0.15, 0.2) is 36.4 Å². The number of fused-ring (bicyclic) bond motifs is 1. The summed E-state index contributed by atoms with van der Waals surface area (Å²) >= 11 is 0. The molecule has 0 aliphatic rings. The summed E-state index contributed by atoms with van der Waals surface area (Å²) in [5.41, 5.74) is -0.248. The number of carbonyl (C=O) groups is 2. The van der Waals surface area contributed by atoms with Gasteiger partial charge >= 0.3 is 5.97 Å². The van der Waals surface area contributed by atoms with Crippen molar-refractivity contribution in [3.63, 3.8) is 0 Å². The summed E-state index contributed by atoms with van der Waals surface area (Å²) < 4.78 is 18.9. The van der Waals surface area contributed by atoms with Crippen LogP contribution in [-0.2, 0) is 14.3 Å². The molecule has 2 rings (SSSR count). The fourth-order valence-corrected chi connectivity index (χ4v) is 2.31. The lowest BCUT2D eigenvalue weighted by Crippen LogP contribution is -2.31. The Kier molecular flexibility index (Phi) is 4.31. The van der Waals surface area contributed by atoms with Gasteiger partial charge < -0.3 is 4.74 Å². The van der Waals surface area contributed by atoms with Gasteiger partial charge in [-0.2, -0.15) is 0 Å². The highest BCUT2D eigenvalue weighted by Crippen LogP contribution is 2.28. The van der Waals surface area contributed by atoms with Gasteiger partial charge in [-0.05, 0) is 49.2 Å². The third-order valence-electron chi connectivity index (χ3n) is 3.32. The highest BCUT2D eigenvalue weighted by atomic mass is 19.1. The molecule has 0 aliphatic carbocycles. The van der Waals surface area contributed by atoms with Crippen molar-refractivity contribution in [2.75, 3.05) is 0 Å². The first kappa shape index (κ1) is 16.1. The zero-order valence-electron chi connectivity index (χ0n) is 13.1. The van der Waals surface area contributed by atoms with E-state index in [0.29, 0.717) is 10.9 Å². The molecule has 0 aromatic heterocycles. The minimum atomic E-state index is -0.895. The number of halogens is 1. The first-order valence-electron chi connectivity index (χ1n) is 7.14. The average molecular weight is 302 g/mol. The van der Waals surface area contributed by atoms with E-state index in [4.69, 9.17) is 4.74 Å². The summed E-state index contributed by atoms with van der Waals surface area (Å²) in [7, 11) is 0. The lowest BCUT2D eigenvalue weighted by molar-refractivity contribution is -0.162. The Labute approximate surface area is 129 Å². The zero-order chi connectivity index (χ0) is 16.5. The second-order valence-corrected chi connectivity index (χ2v) is 6.30. The largest absolute Gasteiger partial charge is 0.454 e. The fraction of sp³-hybridized carbons (Fsp3) is 0.333. The van der Waals surface area contributed by atoms with Crippen LogP contribution in [0.5, 0.6) is 0 Å². The molecule has 0 saturated carbocycles. The van der Waals surface area contributed by atoms with Gasteiger partial charge in [-0.15, -0.1) is 0 Å². The van der Waals surface area contributed by atoms with Gasteiger partial charge in [0.1, 0.15) is 11.4 Å². The highest BCUT2D eigenvalue weighted by molar-refractivity contribution is 6.36. The quantitative estimate of drug-likeness (QED) is 0.636. The second kappa shape index (κ2) is 5.87. The normalized spacial score (nSPS) is 13.0. The lowest BCUT2D eigenvalue weighted by Gasteiger charge is -2.20. The fourth-order valence-electron chi connectivity index (χ4n) is 2.31. The Balaban J connectivity index is 2.39. The van der Waals surface area contributed by atoms with Gasteiger partial charge in [0, 0.05) is 0 Å². The molecular weight excluding hydrogens is 283 g/mol. The third-order valence-corrected chi connectivity index (χ3v) is 3.32. The van der Waals surface area contributed by atoms with Crippen molar-refractivity contribution in [1.82, 2.24) is 0 Å². The van der Waals surface area contributed by atoms with E-state index >= 15 is 0 Å². The second-order valence-electron chi connectivity index (χ2n) is 6.30. The van der Waals surface area contributed by atoms with Crippen molar-refractivity contribution in [2.24, 2.45) is 0 Å². The number of ether oxygens (including phenoxy) is 1. The van der Waals surface area contributed by atoms with Crippen LogP contribution in [0, 0.1) is 5.82 Å². The molecular formula is C18H19FO3. The van der Waals surface area contributed by atoms with E-state index in [2.05, 4.69) is 0 Å². The van der Waals surface area contributed by atoms with Gasteiger partial charge in [-0.1, -0.05) is 31.2 Å². The van der Waals surface area contributed by atoms with Gasteiger partial charge in [0.2, 0.25) is 5.78 Å². The van der Waals surface area contributed by atoms with Crippen molar-refractivity contribution < 1.29 is 18.7 Å². The van der Waals surface area contributed by atoms with Crippen molar-refractivity contribution in [1.29, 1.82) is 0 Å². The molecule has 2 aromatic rings. The van der Waals surface area contributed by atoms with Crippen molar-refractivity contribution >= 4 is 22.5 Å². The summed E-state index contributed by atoms with van der Waals surface area (Å²) in [4.78, 5) is 24.2. The van der Waals surface area contributed by atoms with Crippen LogP contribution >= 0.6 is 0 Å². The molecule has 4 heteroatoms. The minimum Gasteiger partial charge on any atom is -0.454 e. The van der Waals surface area contributed by atoms with Crippen LogP contribution in [0.4, 0.5) is 4.39 Å². The molecule has 0 saturated heterocycles. The predicted octanol–water partition coefficient (Wildman–Crippen LogP) is 3.99. The summed E-state index contributed by atoms with van der Waals surface area (Å²) in [5.74, 6) is -2.77. The minimum absolute atomic E-state index is 0.433. The number of Topliss-reactive ketones (excluding diaryl/α,β-unsaturated/α-hetero) is 1. The molecule has 0 bridgehead atoms. The highest BCUT2D eigenvalue weighted by Gasteiger charge is 2.29. The van der Waals surface area contributed by atoms with Crippen LogP contribution < -0.4 is 0 Å². The monoisotopic (exact) mass is 302 g/mol. The molecule has 0 spiro atoms. The molecule has 3 nitrogen and oxygen atoms in total. The lowest BCUT2D eigenvalue weighted by atomic mass is 9.91. The Morgan fingerprint density at radius 2 is 1.77 bits per heavy atom. The number of ketones is 1. The Hall–Kier alpha value is -2.23. The number of esters is 1. The molecule has 0 radical (unpaired) electrons. The van der Waals surface area contributed by atoms with Crippen LogP contribution in [0.2, 0.25) is 0 Å². The molecule has 0 amide bonds. The van der Waals surface area contributed by atoms with E-state index in [-0.39, 0.29) is 0 Å². The zero-order valence-corrected chi connectivity index (χ0v) is 13.1. The van der Waals surface area contributed by atoms with Crippen LogP contribution in [-0.4, -0.2) is 17.4 Å². The van der Waals surface area contributed by atoms with E-state index in [9.17, 15) is 14.0 Å². The van der Waals surface area contributed by atoms with Crippen LogP contribution in [0.1, 0.15) is 39.2 Å². The molecule has 2 aromatic carbocycles. The molecule has 116 valence electrons. The molecule has 0 aliphatic heterocycles. The van der Waals surface area contributed by atoms with Gasteiger partial charge in [0.25, 0.3) is 0 Å². The number of benzene rings is 2. The summed E-state index contributed by atoms with van der Waals surface area (Å²) in [6.45, 7) is 6.68. The van der Waals surface area contributed by atoms with E-state index in [1.807, 2.05) is 12.1 Å². The SMILES string of the molecule is CC(C(=O)C(=O)OC(C)(C)C)c1cc(F)cc2ccccc12. The number of rotatable bonds is 3. The molecule has 22 heavy (non-hydrogen) atoms. The van der Waals surface area contributed by atoms with E-state index in [0.717, 1.165) is 5.39 Å². The predicted molar refractivity (Wildman–Crippen MR) is 83.2 cm³/mol. The van der Waals surface area contributed by atoms with Crippen molar-refractivity contribution in [3.8, 4) is 0 Å². The van der Waals surface area contributed by atoms with E-state index in [1.165, 1.54) is 12.1 Å². The van der Waals surface area contributed by atoms with Crippen LogP contribution in [0.3, 0.4) is 0 Å². The van der Waals surface area contributed by atoms with Gasteiger partial charge in [0.05, 0.1) is 5.92 Å². The topological polar surface area (TPSA) is 43.4 Å². The third kappa shape index (κ3) is 3.50. The van der Waals surface area contributed by atoms with E-state index in [1.54, 1.807) is 39.8 Å². The van der Waals surface area contributed by atoms with Gasteiger partial charge in [-0.25, -0.2) is 9.18 Å². The molecule has 1 unspecified atom stereocenters. The van der Waals surface area contributed by atoms with Crippen molar-refractivity contribution in [3.05, 3.63) is 47.8 Å². The maximum atomic E-state index is 13.8. The average Bonchev–Trinajstić information content (AvgIpc) is 2.42. The Bertz CT molecular complexity index is 729. The summed E-state index contributed by atoms with van der Waals surface area (Å²) in [5, 5.41) is 1.45. The van der Waals surface area contributed by atoms with Gasteiger partial charge in [0.15, 0.2) is 0 Å². The van der Waals surface area contributed by atoms with Crippen LogP contribution in [0.25, 0.3) is 10.8 Å².